The summed E-state index contributed by atoms with van der Waals surface area (Å²) >= 11 is 5.73. The maximum absolute atomic E-state index is 11.6. The van der Waals surface area contributed by atoms with Crippen molar-refractivity contribution < 1.29 is 4.79 Å². The summed E-state index contributed by atoms with van der Waals surface area (Å²) < 4.78 is 0. The van der Waals surface area contributed by atoms with Gasteiger partial charge in [-0.25, -0.2) is 0 Å². The molecule has 0 N–H and O–H groups in total. The molecule has 0 fully saturated rings. The SMILES string of the molecule is CN(C)C(=O)/C(C#N)=C\c1ccc(Cl)cc1. The van der Waals surface area contributed by atoms with Gasteiger partial charge in [-0.2, -0.15) is 5.26 Å². The standard InChI is InChI=1S/C12H11ClN2O/c1-15(2)12(16)10(8-14)7-9-3-5-11(13)6-4-9/h3-7H,1-2H3/b10-7-. The van der Waals surface area contributed by atoms with Crippen LogP contribution >= 0.6 is 11.6 Å². The summed E-state index contributed by atoms with van der Waals surface area (Å²) in [6.45, 7) is 0. The lowest BCUT2D eigenvalue weighted by Gasteiger charge is -2.08. The maximum Gasteiger partial charge on any atom is 0.264 e. The first kappa shape index (κ1) is 12.3. The van der Waals surface area contributed by atoms with Crippen LogP contribution < -0.4 is 0 Å². The smallest absolute Gasteiger partial charge is 0.264 e. The predicted octanol–water partition coefficient (Wildman–Crippen LogP) is 2.34. The third-order valence-electron chi connectivity index (χ3n) is 1.94. The number of benzene rings is 1. The minimum absolute atomic E-state index is 0.104. The molecule has 16 heavy (non-hydrogen) atoms. The number of amides is 1. The minimum Gasteiger partial charge on any atom is -0.344 e. The molecule has 0 radical (unpaired) electrons. The molecule has 0 aliphatic rings. The first-order valence-electron chi connectivity index (χ1n) is 4.63. The van der Waals surface area contributed by atoms with Crippen molar-refractivity contribution in [3.8, 4) is 6.07 Å². The molecule has 0 aliphatic carbocycles. The third-order valence-corrected chi connectivity index (χ3v) is 2.19. The molecule has 1 aromatic carbocycles. The van der Waals surface area contributed by atoms with Crippen LogP contribution in [-0.2, 0) is 4.79 Å². The summed E-state index contributed by atoms with van der Waals surface area (Å²) in [6.07, 6.45) is 1.54. The Kier molecular flexibility index (Phi) is 4.10. The second kappa shape index (κ2) is 5.34. The van der Waals surface area contributed by atoms with Crippen LogP contribution in [0.15, 0.2) is 29.8 Å². The van der Waals surface area contributed by atoms with Gasteiger partial charge >= 0.3 is 0 Å². The molecule has 3 nitrogen and oxygen atoms in total. The van der Waals surface area contributed by atoms with Gasteiger partial charge in [0.05, 0.1) is 0 Å². The van der Waals surface area contributed by atoms with Gasteiger partial charge in [-0.15, -0.1) is 0 Å². The van der Waals surface area contributed by atoms with Crippen LogP contribution in [0, 0.1) is 11.3 Å². The van der Waals surface area contributed by atoms with Gasteiger partial charge in [-0.05, 0) is 23.8 Å². The molecule has 0 bridgehead atoms. The van der Waals surface area contributed by atoms with Crippen LogP contribution in [-0.4, -0.2) is 24.9 Å². The van der Waals surface area contributed by atoms with Crippen LogP contribution in [0.4, 0.5) is 0 Å². The summed E-state index contributed by atoms with van der Waals surface area (Å²) in [7, 11) is 3.21. The van der Waals surface area contributed by atoms with Crippen molar-refractivity contribution in [2.75, 3.05) is 14.1 Å². The van der Waals surface area contributed by atoms with Crippen molar-refractivity contribution in [2.24, 2.45) is 0 Å². The zero-order valence-corrected chi connectivity index (χ0v) is 9.82. The molecule has 0 aliphatic heterocycles. The monoisotopic (exact) mass is 234 g/mol. The van der Waals surface area contributed by atoms with E-state index in [0.717, 1.165) is 5.56 Å². The Labute approximate surface area is 99.5 Å². The van der Waals surface area contributed by atoms with Gasteiger partial charge in [0.15, 0.2) is 0 Å². The molecule has 0 atom stereocenters. The molecule has 0 saturated heterocycles. The largest absolute Gasteiger partial charge is 0.344 e. The number of nitrogens with zero attached hydrogens (tertiary/aromatic N) is 2. The summed E-state index contributed by atoms with van der Waals surface area (Å²) in [5, 5.41) is 9.49. The number of carbonyl (C=O) groups excluding carboxylic acids is 1. The average molecular weight is 235 g/mol. The van der Waals surface area contributed by atoms with Gasteiger partial charge in [0, 0.05) is 19.1 Å². The molecule has 1 rings (SSSR count). The summed E-state index contributed by atoms with van der Waals surface area (Å²) in [5.41, 5.74) is 0.878. The van der Waals surface area contributed by atoms with E-state index in [1.807, 2.05) is 6.07 Å². The Morgan fingerprint density at radius 2 is 1.94 bits per heavy atom. The fraction of sp³-hybridized carbons (Fsp3) is 0.167. The zero-order valence-electron chi connectivity index (χ0n) is 9.07. The molecule has 4 heteroatoms. The van der Waals surface area contributed by atoms with Crippen molar-refractivity contribution in [1.82, 2.24) is 4.90 Å². The zero-order chi connectivity index (χ0) is 12.1. The van der Waals surface area contributed by atoms with Crippen molar-refractivity contribution in [3.05, 3.63) is 40.4 Å². The number of rotatable bonds is 2. The topological polar surface area (TPSA) is 44.1 Å². The first-order valence-corrected chi connectivity index (χ1v) is 5.01. The van der Waals surface area contributed by atoms with Gasteiger partial charge in [0.1, 0.15) is 11.6 Å². The van der Waals surface area contributed by atoms with Gasteiger partial charge < -0.3 is 4.90 Å². The lowest BCUT2D eigenvalue weighted by Crippen LogP contribution is -2.22. The normalized spacial score (nSPS) is 10.8. The highest BCUT2D eigenvalue weighted by Crippen LogP contribution is 2.13. The lowest BCUT2D eigenvalue weighted by molar-refractivity contribution is -0.124. The quantitative estimate of drug-likeness (QED) is 0.582. The molecule has 0 aromatic heterocycles. The summed E-state index contributed by atoms with van der Waals surface area (Å²) in [4.78, 5) is 12.9. The summed E-state index contributed by atoms with van der Waals surface area (Å²) in [6, 6.07) is 8.81. The Hall–Kier alpha value is -1.79. The molecule has 0 spiro atoms. The van der Waals surface area contributed by atoms with E-state index in [2.05, 4.69) is 0 Å². The van der Waals surface area contributed by atoms with Gasteiger partial charge in [0.25, 0.3) is 5.91 Å². The molecule has 0 saturated carbocycles. The molecular weight excluding hydrogens is 224 g/mol. The van der Waals surface area contributed by atoms with Gasteiger partial charge in [0.2, 0.25) is 0 Å². The highest BCUT2D eigenvalue weighted by atomic mass is 35.5. The third kappa shape index (κ3) is 3.11. The van der Waals surface area contributed by atoms with Crippen molar-refractivity contribution in [1.29, 1.82) is 5.26 Å². The van der Waals surface area contributed by atoms with E-state index in [-0.39, 0.29) is 11.5 Å². The van der Waals surface area contributed by atoms with Gasteiger partial charge in [-0.1, -0.05) is 23.7 Å². The second-order valence-electron chi connectivity index (χ2n) is 3.42. The Morgan fingerprint density at radius 3 is 2.38 bits per heavy atom. The fourth-order valence-corrected chi connectivity index (χ4v) is 1.23. The minimum atomic E-state index is -0.308. The van der Waals surface area contributed by atoms with Crippen LogP contribution in [0.1, 0.15) is 5.56 Å². The van der Waals surface area contributed by atoms with E-state index in [0.29, 0.717) is 5.02 Å². The number of nitriles is 1. The molecular formula is C12H11ClN2O. The fourth-order valence-electron chi connectivity index (χ4n) is 1.11. The van der Waals surface area contributed by atoms with Crippen molar-refractivity contribution >= 4 is 23.6 Å². The van der Waals surface area contributed by atoms with Gasteiger partial charge in [-0.3, -0.25) is 4.79 Å². The highest BCUT2D eigenvalue weighted by molar-refractivity contribution is 6.30. The second-order valence-corrected chi connectivity index (χ2v) is 3.86. The Balaban J connectivity index is 3.02. The molecule has 1 aromatic rings. The number of halogens is 1. The molecule has 82 valence electrons. The summed E-state index contributed by atoms with van der Waals surface area (Å²) in [5.74, 6) is -0.308. The van der Waals surface area contributed by atoms with Crippen LogP contribution in [0.3, 0.4) is 0 Å². The van der Waals surface area contributed by atoms with Crippen molar-refractivity contribution in [2.45, 2.75) is 0 Å². The van der Waals surface area contributed by atoms with E-state index >= 15 is 0 Å². The van der Waals surface area contributed by atoms with Crippen molar-refractivity contribution in [3.63, 3.8) is 0 Å². The Bertz CT molecular complexity index is 455. The highest BCUT2D eigenvalue weighted by Gasteiger charge is 2.10. The van der Waals surface area contributed by atoms with E-state index in [9.17, 15) is 4.79 Å². The van der Waals surface area contributed by atoms with Crippen LogP contribution in [0.5, 0.6) is 0 Å². The average Bonchev–Trinajstić information content (AvgIpc) is 2.27. The molecule has 1 amide bonds. The Morgan fingerprint density at radius 1 is 1.38 bits per heavy atom. The van der Waals surface area contributed by atoms with E-state index < -0.39 is 0 Å². The number of likely N-dealkylation sites (N-methyl/N-ethyl adjacent to an activating group) is 1. The number of carbonyl (C=O) groups is 1. The number of hydrogen-bond donors (Lipinski definition) is 0. The predicted molar refractivity (Wildman–Crippen MR) is 63.7 cm³/mol. The van der Waals surface area contributed by atoms with Crippen LogP contribution in [0.25, 0.3) is 6.08 Å². The maximum atomic E-state index is 11.6. The molecule has 0 unspecified atom stereocenters. The lowest BCUT2D eigenvalue weighted by atomic mass is 10.1. The number of hydrogen-bond acceptors (Lipinski definition) is 2. The first-order chi connectivity index (χ1) is 7.54. The van der Waals surface area contributed by atoms with E-state index in [4.69, 9.17) is 16.9 Å². The molecule has 0 heterocycles. The van der Waals surface area contributed by atoms with Crippen LogP contribution in [0.2, 0.25) is 5.02 Å². The van der Waals surface area contributed by atoms with E-state index in [1.54, 1.807) is 44.4 Å². The van der Waals surface area contributed by atoms with E-state index in [1.165, 1.54) is 4.90 Å².